The minimum absolute atomic E-state index is 0.161. The SMILES string of the molecule is Cc1cc(NS(=O)(=O)c2cc(F)ccc2F)cnc1Br. The quantitative estimate of drug-likeness (QED) is 0.852. The Kier molecular flexibility index (Phi) is 4.05. The lowest BCUT2D eigenvalue weighted by atomic mass is 10.3. The van der Waals surface area contributed by atoms with Gasteiger partial charge in [-0.05, 0) is 52.7 Å². The van der Waals surface area contributed by atoms with E-state index in [-0.39, 0.29) is 5.69 Å². The molecule has 0 radical (unpaired) electrons. The molecule has 0 spiro atoms. The number of nitrogens with zero attached hydrogens (tertiary/aromatic N) is 1. The van der Waals surface area contributed by atoms with E-state index in [0.717, 1.165) is 12.1 Å². The van der Waals surface area contributed by atoms with Gasteiger partial charge in [0.15, 0.2) is 0 Å². The summed E-state index contributed by atoms with van der Waals surface area (Å²) < 4.78 is 53.3. The van der Waals surface area contributed by atoms with Gasteiger partial charge < -0.3 is 0 Å². The van der Waals surface area contributed by atoms with Crippen LogP contribution in [0.1, 0.15) is 5.56 Å². The lowest BCUT2D eigenvalue weighted by molar-refractivity contribution is 0.555. The molecule has 0 fully saturated rings. The van der Waals surface area contributed by atoms with Gasteiger partial charge in [-0.2, -0.15) is 0 Å². The second-order valence-electron chi connectivity index (χ2n) is 4.01. The summed E-state index contributed by atoms with van der Waals surface area (Å²) in [6, 6.07) is 3.75. The average Bonchev–Trinajstić information content (AvgIpc) is 2.36. The molecule has 0 unspecified atom stereocenters. The van der Waals surface area contributed by atoms with Gasteiger partial charge in [0, 0.05) is 0 Å². The highest BCUT2D eigenvalue weighted by Crippen LogP contribution is 2.22. The number of halogens is 3. The van der Waals surface area contributed by atoms with Crippen molar-refractivity contribution in [2.24, 2.45) is 0 Å². The third kappa shape index (κ3) is 3.13. The molecule has 1 heterocycles. The summed E-state index contributed by atoms with van der Waals surface area (Å²) in [6.45, 7) is 1.72. The van der Waals surface area contributed by atoms with Crippen molar-refractivity contribution in [1.82, 2.24) is 4.98 Å². The summed E-state index contributed by atoms with van der Waals surface area (Å²) in [7, 11) is -4.22. The van der Waals surface area contributed by atoms with Crippen molar-refractivity contribution in [3.05, 3.63) is 52.3 Å². The fourth-order valence-corrected chi connectivity index (χ4v) is 2.85. The Hall–Kier alpha value is -1.54. The predicted octanol–water partition coefficient (Wildman–Crippen LogP) is 3.23. The Balaban J connectivity index is 2.40. The van der Waals surface area contributed by atoms with Gasteiger partial charge in [0.05, 0.1) is 11.9 Å². The molecule has 0 saturated carbocycles. The Labute approximate surface area is 123 Å². The van der Waals surface area contributed by atoms with Gasteiger partial charge in [0.1, 0.15) is 21.1 Å². The Morgan fingerprint density at radius 1 is 1.25 bits per heavy atom. The van der Waals surface area contributed by atoms with Gasteiger partial charge in [-0.3, -0.25) is 4.72 Å². The first-order valence-electron chi connectivity index (χ1n) is 5.39. The van der Waals surface area contributed by atoms with Crippen molar-refractivity contribution in [3.8, 4) is 0 Å². The summed E-state index contributed by atoms with van der Waals surface area (Å²) in [4.78, 5) is 3.17. The van der Waals surface area contributed by atoms with E-state index in [0.29, 0.717) is 16.2 Å². The first kappa shape index (κ1) is 14.9. The lowest BCUT2D eigenvalue weighted by Crippen LogP contribution is -2.15. The van der Waals surface area contributed by atoms with E-state index in [1.165, 1.54) is 12.3 Å². The van der Waals surface area contributed by atoms with Crippen LogP contribution >= 0.6 is 15.9 Å². The zero-order valence-corrected chi connectivity index (χ0v) is 12.6. The summed E-state index contributed by atoms with van der Waals surface area (Å²) in [5, 5.41) is 0. The fraction of sp³-hybridized carbons (Fsp3) is 0.0833. The summed E-state index contributed by atoms with van der Waals surface area (Å²) in [5.41, 5.74) is 0.860. The highest BCUT2D eigenvalue weighted by Gasteiger charge is 2.20. The van der Waals surface area contributed by atoms with E-state index >= 15 is 0 Å². The highest BCUT2D eigenvalue weighted by molar-refractivity contribution is 9.10. The number of sulfonamides is 1. The molecule has 0 aliphatic carbocycles. The summed E-state index contributed by atoms with van der Waals surface area (Å²) in [6.07, 6.45) is 1.27. The molecule has 4 nitrogen and oxygen atoms in total. The van der Waals surface area contributed by atoms with Gasteiger partial charge in [-0.15, -0.1) is 0 Å². The molecule has 0 aliphatic rings. The van der Waals surface area contributed by atoms with Crippen molar-refractivity contribution in [1.29, 1.82) is 0 Å². The minimum Gasteiger partial charge on any atom is -0.278 e. The molecule has 0 atom stereocenters. The van der Waals surface area contributed by atoms with Crippen LogP contribution in [-0.4, -0.2) is 13.4 Å². The second-order valence-corrected chi connectivity index (χ2v) is 6.41. The van der Waals surface area contributed by atoms with E-state index in [9.17, 15) is 17.2 Å². The number of rotatable bonds is 3. The number of nitrogens with one attached hydrogen (secondary N) is 1. The zero-order chi connectivity index (χ0) is 14.9. The van der Waals surface area contributed by atoms with Gasteiger partial charge in [0.25, 0.3) is 10.0 Å². The number of pyridine rings is 1. The number of aryl methyl sites for hydroxylation is 1. The minimum atomic E-state index is -4.22. The monoisotopic (exact) mass is 362 g/mol. The molecule has 0 saturated heterocycles. The maximum atomic E-state index is 13.5. The molecule has 8 heteroatoms. The maximum absolute atomic E-state index is 13.5. The number of benzene rings is 1. The van der Waals surface area contributed by atoms with Crippen LogP contribution in [0, 0.1) is 18.6 Å². The third-order valence-corrected chi connectivity index (χ3v) is 4.68. The molecular weight excluding hydrogens is 354 g/mol. The molecule has 0 amide bonds. The number of aromatic nitrogens is 1. The van der Waals surface area contributed by atoms with Crippen LogP contribution in [-0.2, 0) is 10.0 Å². The fourth-order valence-electron chi connectivity index (χ4n) is 1.51. The standard InChI is InChI=1S/C12H9BrF2N2O2S/c1-7-4-9(6-16-12(7)13)17-20(18,19)11-5-8(14)2-3-10(11)15/h2-6,17H,1H3. The highest BCUT2D eigenvalue weighted by atomic mass is 79.9. The van der Waals surface area contributed by atoms with Crippen molar-refractivity contribution in [3.63, 3.8) is 0 Å². The van der Waals surface area contributed by atoms with Crippen LogP contribution in [0.2, 0.25) is 0 Å². The molecule has 0 aliphatic heterocycles. The van der Waals surface area contributed by atoms with Crippen LogP contribution in [0.5, 0.6) is 0 Å². The first-order chi connectivity index (χ1) is 9.29. The van der Waals surface area contributed by atoms with Gasteiger partial charge in [-0.1, -0.05) is 0 Å². The first-order valence-corrected chi connectivity index (χ1v) is 7.67. The van der Waals surface area contributed by atoms with Crippen molar-refractivity contribution < 1.29 is 17.2 Å². The molecule has 2 rings (SSSR count). The van der Waals surface area contributed by atoms with Crippen molar-refractivity contribution in [2.45, 2.75) is 11.8 Å². The van der Waals surface area contributed by atoms with Crippen LogP contribution < -0.4 is 4.72 Å². The number of hydrogen-bond acceptors (Lipinski definition) is 3. The molecule has 20 heavy (non-hydrogen) atoms. The van der Waals surface area contributed by atoms with Crippen molar-refractivity contribution >= 4 is 31.6 Å². The smallest absolute Gasteiger partial charge is 0.264 e. The van der Waals surface area contributed by atoms with E-state index in [4.69, 9.17) is 0 Å². The largest absolute Gasteiger partial charge is 0.278 e. The molecule has 1 aromatic carbocycles. The lowest BCUT2D eigenvalue weighted by Gasteiger charge is -2.09. The van der Waals surface area contributed by atoms with Crippen LogP contribution in [0.25, 0.3) is 0 Å². The van der Waals surface area contributed by atoms with Crippen LogP contribution in [0.15, 0.2) is 40.0 Å². The topological polar surface area (TPSA) is 59.1 Å². The van der Waals surface area contributed by atoms with Crippen molar-refractivity contribution in [2.75, 3.05) is 4.72 Å². The predicted molar refractivity (Wildman–Crippen MR) is 73.8 cm³/mol. The average molecular weight is 363 g/mol. The normalized spacial score (nSPS) is 11.4. The second kappa shape index (κ2) is 5.45. The molecule has 0 bridgehead atoms. The number of hydrogen-bond donors (Lipinski definition) is 1. The van der Waals surface area contributed by atoms with E-state index in [1.807, 2.05) is 0 Å². The molecule has 2 aromatic rings. The van der Waals surface area contributed by atoms with Gasteiger partial charge in [-0.25, -0.2) is 22.2 Å². The van der Waals surface area contributed by atoms with Crippen LogP contribution in [0.3, 0.4) is 0 Å². The van der Waals surface area contributed by atoms with E-state index in [2.05, 4.69) is 25.6 Å². The Morgan fingerprint density at radius 2 is 1.95 bits per heavy atom. The molecular formula is C12H9BrF2N2O2S. The Morgan fingerprint density at radius 3 is 2.60 bits per heavy atom. The summed E-state index contributed by atoms with van der Waals surface area (Å²) in [5.74, 6) is -1.86. The number of anilines is 1. The molecule has 1 N–H and O–H groups in total. The van der Waals surface area contributed by atoms with Crippen LogP contribution in [0.4, 0.5) is 14.5 Å². The van der Waals surface area contributed by atoms with E-state index < -0.39 is 26.6 Å². The molecule has 1 aromatic heterocycles. The Bertz CT molecular complexity index is 766. The van der Waals surface area contributed by atoms with E-state index in [1.54, 1.807) is 6.92 Å². The van der Waals surface area contributed by atoms with Gasteiger partial charge in [0.2, 0.25) is 0 Å². The van der Waals surface area contributed by atoms with Gasteiger partial charge >= 0.3 is 0 Å². The third-order valence-electron chi connectivity index (χ3n) is 2.45. The summed E-state index contributed by atoms with van der Waals surface area (Å²) >= 11 is 3.18. The molecule has 106 valence electrons. The maximum Gasteiger partial charge on any atom is 0.264 e. The zero-order valence-electron chi connectivity index (χ0n) is 10.2.